The Labute approximate surface area is 175 Å². The first kappa shape index (κ1) is 20.8. The Balaban J connectivity index is 0.000000220. The SMILES string of the molecule is CCc1c(C(=O)OC)cc2ccccc2[n+]1C.O=C1Nc2ccccc21.[I-]. The van der Waals surface area contributed by atoms with E-state index in [4.69, 9.17) is 4.74 Å². The number of methoxy groups -OCH3 is 1. The zero-order valence-electron chi connectivity index (χ0n) is 15.5. The number of benzene rings is 2. The zero-order valence-corrected chi connectivity index (χ0v) is 17.6. The molecule has 3 aromatic rings. The van der Waals surface area contributed by atoms with E-state index in [1.807, 2.05) is 62.5 Å². The first-order chi connectivity index (χ1) is 12.6. The van der Waals surface area contributed by atoms with E-state index in [1.54, 1.807) is 0 Å². The summed E-state index contributed by atoms with van der Waals surface area (Å²) in [6, 6.07) is 17.4. The average molecular weight is 476 g/mol. The number of fused-ring (bicyclic) bond motifs is 2. The standard InChI is InChI=1S/C14H16NO2.C7H5NO.HI/c1-4-12-11(14(16)17-3)9-10-7-5-6-8-13(10)15(12)2;9-7-5-3-1-2-4-6(5)8-7;/h5-9H,4H2,1-3H3;1-4H,(H,8,9);1H/q+1;;/p-1. The predicted molar refractivity (Wildman–Crippen MR) is 100 cm³/mol. The van der Waals surface area contributed by atoms with Crippen LogP contribution in [-0.2, 0) is 18.2 Å². The minimum Gasteiger partial charge on any atom is -1.00 e. The predicted octanol–water partition coefficient (Wildman–Crippen LogP) is 0.270. The van der Waals surface area contributed by atoms with Crippen LogP contribution in [0.2, 0.25) is 0 Å². The number of aryl methyl sites for hydroxylation is 1. The highest BCUT2D eigenvalue weighted by Gasteiger charge is 2.22. The number of carbonyl (C=O) groups excluding carboxylic acids is 2. The van der Waals surface area contributed by atoms with Crippen molar-refractivity contribution in [3.8, 4) is 0 Å². The molecule has 2 aromatic carbocycles. The molecular weight excluding hydrogens is 455 g/mol. The number of hydrogen-bond acceptors (Lipinski definition) is 3. The summed E-state index contributed by atoms with van der Waals surface area (Å²) in [6.45, 7) is 2.04. The molecule has 0 bridgehead atoms. The van der Waals surface area contributed by atoms with Gasteiger partial charge in [0.25, 0.3) is 5.91 Å². The molecule has 0 atom stereocenters. The molecule has 0 saturated heterocycles. The van der Waals surface area contributed by atoms with E-state index in [2.05, 4.69) is 16.0 Å². The number of ether oxygens (including phenoxy) is 1. The summed E-state index contributed by atoms with van der Waals surface area (Å²) in [5.41, 5.74) is 4.52. The lowest BCUT2D eigenvalue weighted by molar-refractivity contribution is -0.652. The van der Waals surface area contributed by atoms with Crippen LogP contribution in [0.25, 0.3) is 10.9 Å². The maximum atomic E-state index is 11.8. The first-order valence-corrected chi connectivity index (χ1v) is 8.46. The quantitative estimate of drug-likeness (QED) is 0.328. The zero-order chi connectivity index (χ0) is 18.7. The molecule has 2 heterocycles. The van der Waals surface area contributed by atoms with Crippen molar-refractivity contribution < 1.29 is 42.9 Å². The molecule has 4 rings (SSSR count). The molecule has 0 fully saturated rings. The summed E-state index contributed by atoms with van der Waals surface area (Å²) in [5.74, 6) is -0.242. The molecule has 0 spiro atoms. The molecule has 5 nitrogen and oxygen atoms in total. The van der Waals surface area contributed by atoms with Crippen LogP contribution in [0.4, 0.5) is 5.69 Å². The van der Waals surface area contributed by atoms with Gasteiger partial charge < -0.3 is 34.0 Å². The number of amides is 1. The van der Waals surface area contributed by atoms with Crippen LogP contribution in [0.15, 0.2) is 54.6 Å². The maximum Gasteiger partial charge on any atom is 0.344 e. The second kappa shape index (κ2) is 8.94. The van der Waals surface area contributed by atoms with E-state index in [-0.39, 0.29) is 35.9 Å². The van der Waals surface area contributed by atoms with Gasteiger partial charge in [0, 0.05) is 17.9 Å². The van der Waals surface area contributed by atoms with Crippen LogP contribution in [0.1, 0.15) is 33.3 Å². The largest absolute Gasteiger partial charge is 1.00 e. The van der Waals surface area contributed by atoms with Crippen molar-refractivity contribution in [2.24, 2.45) is 7.05 Å². The molecule has 27 heavy (non-hydrogen) atoms. The number of aromatic nitrogens is 1. The summed E-state index contributed by atoms with van der Waals surface area (Å²) in [4.78, 5) is 22.4. The van der Waals surface area contributed by atoms with Crippen molar-refractivity contribution in [2.45, 2.75) is 13.3 Å². The van der Waals surface area contributed by atoms with Gasteiger partial charge in [0.15, 0.2) is 5.69 Å². The third-order valence-electron chi connectivity index (χ3n) is 4.47. The minimum atomic E-state index is -0.275. The second-order valence-corrected chi connectivity index (χ2v) is 5.97. The number of nitrogens with zero attached hydrogens (tertiary/aromatic N) is 1. The lowest BCUT2D eigenvalue weighted by Gasteiger charge is -2.17. The van der Waals surface area contributed by atoms with Gasteiger partial charge in [-0.3, -0.25) is 4.79 Å². The molecule has 140 valence electrons. The first-order valence-electron chi connectivity index (χ1n) is 8.46. The van der Waals surface area contributed by atoms with Gasteiger partial charge in [-0.25, -0.2) is 4.79 Å². The smallest absolute Gasteiger partial charge is 0.344 e. The summed E-state index contributed by atoms with van der Waals surface area (Å²) in [7, 11) is 3.39. The Morgan fingerprint density at radius 2 is 1.78 bits per heavy atom. The van der Waals surface area contributed by atoms with Crippen molar-refractivity contribution in [1.29, 1.82) is 0 Å². The minimum absolute atomic E-state index is 0. The van der Waals surface area contributed by atoms with Crippen LogP contribution >= 0.6 is 0 Å². The van der Waals surface area contributed by atoms with Gasteiger partial charge in [-0.2, -0.15) is 4.57 Å². The summed E-state index contributed by atoms with van der Waals surface area (Å²) >= 11 is 0. The number of esters is 1. The lowest BCUT2D eigenvalue weighted by atomic mass is 10.1. The number of halogens is 1. The van der Waals surface area contributed by atoms with Gasteiger partial charge in [0.2, 0.25) is 5.52 Å². The van der Waals surface area contributed by atoms with E-state index in [0.29, 0.717) is 5.56 Å². The topological polar surface area (TPSA) is 59.3 Å². The number of rotatable bonds is 2. The number of nitrogens with one attached hydrogen (secondary N) is 1. The van der Waals surface area contributed by atoms with Crippen LogP contribution in [0.5, 0.6) is 0 Å². The molecule has 1 amide bonds. The van der Waals surface area contributed by atoms with Crippen molar-refractivity contribution in [3.05, 3.63) is 71.4 Å². The number of para-hydroxylation sites is 2. The molecule has 1 N–H and O–H groups in total. The van der Waals surface area contributed by atoms with Gasteiger partial charge >= 0.3 is 5.97 Å². The highest BCUT2D eigenvalue weighted by Crippen LogP contribution is 2.23. The van der Waals surface area contributed by atoms with Gasteiger partial charge in [-0.05, 0) is 24.3 Å². The second-order valence-electron chi connectivity index (χ2n) is 5.97. The molecule has 1 aromatic heterocycles. The monoisotopic (exact) mass is 476 g/mol. The fourth-order valence-electron chi connectivity index (χ4n) is 3.11. The van der Waals surface area contributed by atoms with Gasteiger partial charge in [-0.15, -0.1) is 0 Å². The molecule has 1 aliphatic heterocycles. The Morgan fingerprint density at radius 3 is 2.37 bits per heavy atom. The van der Waals surface area contributed by atoms with E-state index in [9.17, 15) is 9.59 Å². The summed E-state index contributed by atoms with van der Waals surface area (Å²) < 4.78 is 6.89. The summed E-state index contributed by atoms with van der Waals surface area (Å²) in [6.07, 6.45) is 0.797. The lowest BCUT2D eigenvalue weighted by Crippen LogP contribution is -3.00. The third-order valence-corrected chi connectivity index (χ3v) is 4.47. The highest BCUT2D eigenvalue weighted by atomic mass is 127. The Morgan fingerprint density at radius 1 is 1.11 bits per heavy atom. The fraction of sp³-hybridized carbons (Fsp3) is 0.190. The van der Waals surface area contributed by atoms with E-state index >= 15 is 0 Å². The van der Waals surface area contributed by atoms with Crippen molar-refractivity contribution in [3.63, 3.8) is 0 Å². The molecule has 0 unspecified atom stereocenters. The Kier molecular flexibility index (Phi) is 6.90. The van der Waals surface area contributed by atoms with Crippen LogP contribution in [-0.4, -0.2) is 19.0 Å². The number of pyridine rings is 1. The number of carbonyl (C=O) groups is 2. The van der Waals surface area contributed by atoms with Crippen molar-refractivity contribution in [1.82, 2.24) is 0 Å². The highest BCUT2D eigenvalue weighted by molar-refractivity contribution is 6.17. The fourth-order valence-corrected chi connectivity index (χ4v) is 3.11. The van der Waals surface area contributed by atoms with Gasteiger partial charge in [0.1, 0.15) is 12.6 Å². The maximum absolute atomic E-state index is 11.8. The Hall–Kier alpha value is -2.48. The molecule has 1 aliphatic rings. The van der Waals surface area contributed by atoms with Crippen LogP contribution in [0.3, 0.4) is 0 Å². The summed E-state index contributed by atoms with van der Waals surface area (Å²) in [5, 5.41) is 3.70. The van der Waals surface area contributed by atoms with Crippen molar-refractivity contribution >= 4 is 28.5 Å². The van der Waals surface area contributed by atoms with E-state index < -0.39 is 0 Å². The average Bonchev–Trinajstić information content (AvgIpc) is 2.67. The van der Waals surface area contributed by atoms with Crippen LogP contribution in [0, 0.1) is 0 Å². The van der Waals surface area contributed by atoms with Gasteiger partial charge in [-0.1, -0.05) is 31.2 Å². The van der Waals surface area contributed by atoms with E-state index in [0.717, 1.165) is 34.3 Å². The normalized spacial score (nSPS) is 11.1. The van der Waals surface area contributed by atoms with Gasteiger partial charge in [0.05, 0.1) is 18.4 Å². The molecule has 6 heteroatoms. The number of hydrogen-bond donors (Lipinski definition) is 1. The van der Waals surface area contributed by atoms with E-state index in [1.165, 1.54) is 7.11 Å². The number of anilines is 1. The Bertz CT molecular complexity index is 1000. The van der Waals surface area contributed by atoms with Crippen molar-refractivity contribution in [2.75, 3.05) is 12.4 Å². The third kappa shape index (κ3) is 4.10. The van der Waals surface area contributed by atoms with Crippen LogP contribution < -0.4 is 33.9 Å². The molecule has 0 saturated carbocycles. The molecular formula is C21H21IN2O3. The molecule has 0 radical (unpaired) electrons. The molecule has 0 aliphatic carbocycles.